The molecule has 1 aliphatic heterocycles. The standard InChI is InChI=1S/C13H23N3O2S/c1-14-8-12-5-7-15(9-12)10-13-4-3-6-16(11-13)19(2,17)18/h5,7,9,13-14H,3-4,6,8,10-11H2,1-2H3. The van der Waals surface area contributed by atoms with E-state index < -0.39 is 10.0 Å². The highest BCUT2D eigenvalue weighted by Crippen LogP contribution is 2.20. The molecule has 0 bridgehead atoms. The highest BCUT2D eigenvalue weighted by atomic mass is 32.2. The Morgan fingerprint density at radius 3 is 2.95 bits per heavy atom. The molecule has 0 aliphatic carbocycles. The molecule has 6 heteroatoms. The average Bonchev–Trinajstić information content (AvgIpc) is 2.76. The number of hydrogen-bond donors (Lipinski definition) is 1. The van der Waals surface area contributed by atoms with E-state index in [1.54, 1.807) is 4.31 Å². The Labute approximate surface area is 115 Å². The average molecular weight is 285 g/mol. The van der Waals surface area contributed by atoms with Crippen molar-refractivity contribution in [3.8, 4) is 0 Å². The van der Waals surface area contributed by atoms with E-state index >= 15 is 0 Å². The van der Waals surface area contributed by atoms with Gasteiger partial charge in [-0.05, 0) is 37.4 Å². The normalized spacial score (nSPS) is 21.7. The lowest BCUT2D eigenvalue weighted by Crippen LogP contribution is -2.40. The molecule has 2 heterocycles. The molecule has 2 rings (SSSR count). The van der Waals surface area contributed by atoms with Gasteiger partial charge in [0, 0.05) is 38.6 Å². The Hall–Kier alpha value is -0.850. The van der Waals surface area contributed by atoms with Crippen LogP contribution in [0.3, 0.4) is 0 Å². The van der Waals surface area contributed by atoms with Crippen LogP contribution in [-0.4, -0.2) is 43.7 Å². The summed E-state index contributed by atoms with van der Waals surface area (Å²) in [6.45, 7) is 3.09. The molecular formula is C13H23N3O2S. The number of piperidine rings is 1. The Bertz CT molecular complexity index is 510. The molecule has 0 spiro atoms. The van der Waals surface area contributed by atoms with Crippen molar-refractivity contribution >= 4 is 10.0 Å². The lowest BCUT2D eigenvalue weighted by Gasteiger charge is -2.31. The fourth-order valence-electron chi connectivity index (χ4n) is 2.69. The summed E-state index contributed by atoms with van der Waals surface area (Å²) in [7, 11) is -1.11. The minimum atomic E-state index is -3.04. The second-order valence-electron chi connectivity index (χ2n) is 5.38. The first-order valence-corrected chi connectivity index (χ1v) is 8.58. The monoisotopic (exact) mass is 285 g/mol. The first-order valence-electron chi connectivity index (χ1n) is 6.73. The van der Waals surface area contributed by atoms with Gasteiger partial charge in [-0.3, -0.25) is 0 Å². The van der Waals surface area contributed by atoms with Crippen LogP contribution in [0.1, 0.15) is 18.4 Å². The van der Waals surface area contributed by atoms with Crippen molar-refractivity contribution in [3.63, 3.8) is 0 Å². The molecule has 1 aliphatic rings. The van der Waals surface area contributed by atoms with Crippen molar-refractivity contribution in [2.24, 2.45) is 5.92 Å². The van der Waals surface area contributed by atoms with Crippen molar-refractivity contribution in [2.75, 3.05) is 26.4 Å². The van der Waals surface area contributed by atoms with Crippen molar-refractivity contribution < 1.29 is 8.42 Å². The van der Waals surface area contributed by atoms with E-state index in [2.05, 4.69) is 28.3 Å². The number of rotatable bonds is 5. The van der Waals surface area contributed by atoms with Gasteiger partial charge in [0.1, 0.15) is 0 Å². The zero-order valence-electron chi connectivity index (χ0n) is 11.7. The third kappa shape index (κ3) is 4.06. The molecule has 1 atom stereocenters. The summed E-state index contributed by atoms with van der Waals surface area (Å²) >= 11 is 0. The Balaban J connectivity index is 1.94. The minimum Gasteiger partial charge on any atom is -0.354 e. The van der Waals surface area contributed by atoms with Gasteiger partial charge in [-0.1, -0.05) is 0 Å². The number of nitrogens with one attached hydrogen (secondary N) is 1. The number of nitrogens with zero attached hydrogens (tertiary/aromatic N) is 2. The molecule has 1 aromatic heterocycles. The maximum atomic E-state index is 11.6. The fraction of sp³-hybridized carbons (Fsp3) is 0.692. The highest BCUT2D eigenvalue weighted by Gasteiger charge is 2.25. The Morgan fingerprint density at radius 2 is 2.26 bits per heavy atom. The zero-order chi connectivity index (χ0) is 13.9. The van der Waals surface area contributed by atoms with Crippen LogP contribution in [0.2, 0.25) is 0 Å². The summed E-state index contributed by atoms with van der Waals surface area (Å²) in [6, 6.07) is 2.10. The van der Waals surface area contributed by atoms with Crippen LogP contribution < -0.4 is 5.32 Å². The fourth-order valence-corrected chi connectivity index (χ4v) is 3.63. The maximum Gasteiger partial charge on any atom is 0.211 e. The van der Waals surface area contributed by atoms with Crippen LogP contribution in [-0.2, 0) is 23.1 Å². The maximum absolute atomic E-state index is 11.6. The molecule has 0 aromatic carbocycles. The van der Waals surface area contributed by atoms with Crippen molar-refractivity contribution in [2.45, 2.75) is 25.9 Å². The van der Waals surface area contributed by atoms with Crippen LogP contribution in [0.4, 0.5) is 0 Å². The molecule has 1 aromatic rings. The molecule has 1 saturated heterocycles. The van der Waals surface area contributed by atoms with Gasteiger partial charge in [0.05, 0.1) is 6.26 Å². The van der Waals surface area contributed by atoms with E-state index in [0.29, 0.717) is 19.0 Å². The number of hydrogen-bond acceptors (Lipinski definition) is 3. The summed E-state index contributed by atoms with van der Waals surface area (Å²) in [5.41, 5.74) is 1.26. The third-order valence-corrected chi connectivity index (χ3v) is 4.88. The molecular weight excluding hydrogens is 262 g/mol. The summed E-state index contributed by atoms with van der Waals surface area (Å²) in [4.78, 5) is 0. The largest absolute Gasteiger partial charge is 0.354 e. The minimum absolute atomic E-state index is 0.415. The molecule has 1 fully saturated rings. The van der Waals surface area contributed by atoms with Crippen molar-refractivity contribution in [3.05, 3.63) is 24.0 Å². The topological polar surface area (TPSA) is 54.3 Å². The molecule has 0 saturated carbocycles. The van der Waals surface area contributed by atoms with E-state index in [9.17, 15) is 8.42 Å². The van der Waals surface area contributed by atoms with Gasteiger partial charge in [-0.25, -0.2) is 12.7 Å². The third-order valence-electron chi connectivity index (χ3n) is 3.61. The Kier molecular flexibility index (Phi) is 4.65. The highest BCUT2D eigenvalue weighted by molar-refractivity contribution is 7.88. The Morgan fingerprint density at radius 1 is 1.47 bits per heavy atom. The summed E-state index contributed by atoms with van der Waals surface area (Å²) < 4.78 is 26.9. The molecule has 108 valence electrons. The van der Waals surface area contributed by atoms with Gasteiger partial charge in [0.2, 0.25) is 10.0 Å². The summed E-state index contributed by atoms with van der Waals surface area (Å²) in [6.07, 6.45) is 7.58. The van der Waals surface area contributed by atoms with Gasteiger partial charge in [0.25, 0.3) is 0 Å². The number of sulfonamides is 1. The van der Waals surface area contributed by atoms with Crippen molar-refractivity contribution in [1.82, 2.24) is 14.2 Å². The first kappa shape index (κ1) is 14.6. The van der Waals surface area contributed by atoms with Crippen LogP contribution in [0.15, 0.2) is 18.5 Å². The van der Waals surface area contributed by atoms with Crippen LogP contribution in [0.5, 0.6) is 0 Å². The van der Waals surface area contributed by atoms with Crippen LogP contribution >= 0.6 is 0 Å². The van der Waals surface area contributed by atoms with E-state index in [4.69, 9.17) is 0 Å². The predicted molar refractivity (Wildman–Crippen MR) is 76.3 cm³/mol. The zero-order valence-corrected chi connectivity index (χ0v) is 12.5. The molecule has 1 N–H and O–H groups in total. The smallest absolute Gasteiger partial charge is 0.211 e. The van der Waals surface area contributed by atoms with Gasteiger partial charge in [-0.15, -0.1) is 0 Å². The van der Waals surface area contributed by atoms with Crippen LogP contribution in [0.25, 0.3) is 0 Å². The van der Waals surface area contributed by atoms with Crippen LogP contribution in [0, 0.1) is 5.92 Å². The second kappa shape index (κ2) is 6.07. The molecule has 1 unspecified atom stereocenters. The molecule has 0 amide bonds. The SMILES string of the molecule is CNCc1ccn(CC2CCCN(S(C)(=O)=O)C2)c1. The quantitative estimate of drug-likeness (QED) is 0.874. The first-order chi connectivity index (χ1) is 8.99. The predicted octanol–water partition coefficient (Wildman–Crippen LogP) is 0.879. The van der Waals surface area contributed by atoms with E-state index in [-0.39, 0.29) is 0 Å². The number of aromatic nitrogens is 1. The van der Waals surface area contributed by atoms with E-state index in [0.717, 1.165) is 25.9 Å². The van der Waals surface area contributed by atoms with E-state index in [1.807, 2.05) is 7.05 Å². The summed E-state index contributed by atoms with van der Waals surface area (Å²) in [5.74, 6) is 0.415. The van der Waals surface area contributed by atoms with Gasteiger partial charge >= 0.3 is 0 Å². The lowest BCUT2D eigenvalue weighted by atomic mass is 10.00. The van der Waals surface area contributed by atoms with E-state index in [1.165, 1.54) is 11.8 Å². The van der Waals surface area contributed by atoms with Gasteiger partial charge in [0.15, 0.2) is 0 Å². The van der Waals surface area contributed by atoms with Crippen molar-refractivity contribution in [1.29, 1.82) is 0 Å². The van der Waals surface area contributed by atoms with Gasteiger partial charge in [-0.2, -0.15) is 0 Å². The summed E-state index contributed by atoms with van der Waals surface area (Å²) in [5, 5.41) is 3.13. The second-order valence-corrected chi connectivity index (χ2v) is 7.36. The molecule has 5 nitrogen and oxygen atoms in total. The molecule has 0 radical (unpaired) electrons. The lowest BCUT2D eigenvalue weighted by molar-refractivity contribution is 0.246. The molecule has 19 heavy (non-hydrogen) atoms. The van der Waals surface area contributed by atoms with Gasteiger partial charge < -0.3 is 9.88 Å².